The minimum absolute atomic E-state index is 0.0404. The zero-order valence-electron chi connectivity index (χ0n) is 15.4. The summed E-state index contributed by atoms with van der Waals surface area (Å²) >= 11 is 0. The molecule has 10 nitrogen and oxygen atoms in total. The molecule has 2 fully saturated rings. The third kappa shape index (κ3) is 3.47. The number of hydrogen-bond donors (Lipinski definition) is 0. The quantitative estimate of drug-likeness (QED) is 0.575. The van der Waals surface area contributed by atoms with E-state index >= 15 is 0 Å². The molecule has 1 aromatic carbocycles. The molecule has 0 saturated carbocycles. The molecule has 2 aliphatic heterocycles. The average Bonchev–Trinajstić information content (AvgIpc) is 2.88. The second kappa shape index (κ2) is 7.33. The van der Waals surface area contributed by atoms with E-state index in [4.69, 9.17) is 4.74 Å². The van der Waals surface area contributed by atoms with E-state index < -0.39 is 31.9 Å². The van der Waals surface area contributed by atoms with Gasteiger partial charge in [-0.05, 0) is 18.2 Å². The van der Waals surface area contributed by atoms with Crippen LogP contribution in [-0.4, -0.2) is 77.4 Å². The lowest BCUT2D eigenvalue weighted by atomic mass is 10.2. The van der Waals surface area contributed by atoms with Crippen LogP contribution in [0.1, 0.15) is 6.92 Å². The highest BCUT2D eigenvalue weighted by Gasteiger charge is 2.42. The molecule has 2 heterocycles. The molecule has 1 atom stereocenters. The predicted molar refractivity (Wildman–Crippen MR) is 99.8 cm³/mol. The molecule has 154 valence electrons. The molecule has 1 unspecified atom stereocenters. The van der Waals surface area contributed by atoms with Crippen molar-refractivity contribution in [3.63, 3.8) is 0 Å². The Morgan fingerprint density at radius 2 is 1.82 bits per heavy atom. The van der Waals surface area contributed by atoms with Gasteiger partial charge in [-0.3, -0.25) is 9.59 Å². The van der Waals surface area contributed by atoms with Crippen LogP contribution in [0.15, 0.2) is 23.1 Å². The van der Waals surface area contributed by atoms with Crippen LogP contribution in [-0.2, 0) is 29.6 Å². The van der Waals surface area contributed by atoms with E-state index in [0.29, 0.717) is 10.7 Å². The van der Waals surface area contributed by atoms with Crippen molar-refractivity contribution in [1.82, 2.24) is 9.21 Å². The van der Waals surface area contributed by atoms with Gasteiger partial charge in [0.25, 0.3) is 0 Å². The smallest absolute Gasteiger partial charge is 0.246 e. The number of methoxy groups -OCH3 is 1. The number of piperazine rings is 1. The van der Waals surface area contributed by atoms with Crippen LogP contribution in [0.2, 0.25) is 0 Å². The second-order valence-corrected chi connectivity index (χ2v) is 10.4. The number of carbonyl (C=O) groups is 2. The molecule has 1 aromatic rings. The summed E-state index contributed by atoms with van der Waals surface area (Å²) in [5.74, 6) is -1.59. The highest BCUT2D eigenvalue weighted by molar-refractivity contribution is 7.94. The van der Waals surface area contributed by atoms with E-state index in [-0.39, 0.29) is 48.3 Å². The Kier molecular flexibility index (Phi) is 5.38. The van der Waals surface area contributed by atoms with Crippen molar-refractivity contribution in [2.45, 2.75) is 11.8 Å². The number of anilines is 1. The van der Waals surface area contributed by atoms with Crippen LogP contribution in [0.4, 0.5) is 5.69 Å². The van der Waals surface area contributed by atoms with Gasteiger partial charge in [0.15, 0.2) is 0 Å². The van der Waals surface area contributed by atoms with Crippen molar-refractivity contribution < 1.29 is 31.2 Å². The molecule has 2 amide bonds. The van der Waals surface area contributed by atoms with Gasteiger partial charge in [-0.1, -0.05) is 6.92 Å². The summed E-state index contributed by atoms with van der Waals surface area (Å²) in [6.45, 7) is 2.22. The van der Waals surface area contributed by atoms with Crippen molar-refractivity contribution in [2.24, 2.45) is 5.92 Å². The van der Waals surface area contributed by atoms with Crippen LogP contribution in [0.3, 0.4) is 0 Å². The molecule has 0 bridgehead atoms. The van der Waals surface area contributed by atoms with Crippen molar-refractivity contribution in [3.05, 3.63) is 18.2 Å². The predicted octanol–water partition coefficient (Wildman–Crippen LogP) is -0.530. The number of rotatable bonds is 5. The lowest BCUT2D eigenvalue weighted by Gasteiger charge is -2.32. The Balaban J connectivity index is 2.03. The largest absolute Gasteiger partial charge is 0.495 e. The summed E-state index contributed by atoms with van der Waals surface area (Å²) in [4.78, 5) is 24.4. The van der Waals surface area contributed by atoms with Crippen LogP contribution < -0.4 is 9.04 Å². The average molecular weight is 431 g/mol. The third-order valence-electron chi connectivity index (χ3n) is 4.78. The molecule has 2 saturated heterocycles. The molecular weight excluding hydrogens is 410 g/mol. The highest BCUT2D eigenvalue weighted by atomic mass is 32.2. The maximum absolute atomic E-state index is 13.1. The number of benzene rings is 1. The summed E-state index contributed by atoms with van der Waals surface area (Å²) in [7, 11) is -6.59. The zero-order valence-corrected chi connectivity index (χ0v) is 17.1. The normalized spacial score (nSPS) is 23.1. The van der Waals surface area contributed by atoms with Gasteiger partial charge in [0, 0.05) is 26.2 Å². The number of sulfonamides is 2. The first-order valence-electron chi connectivity index (χ1n) is 8.56. The fourth-order valence-electron chi connectivity index (χ4n) is 3.27. The first-order chi connectivity index (χ1) is 13.1. The molecule has 28 heavy (non-hydrogen) atoms. The number of ether oxygens (including phenoxy) is 1. The maximum Gasteiger partial charge on any atom is 0.246 e. The SMILES string of the molecule is COc1ccc(N2C(=O)C(C)CS2(=O)=O)cc1S(=O)(=O)N1CCN(C=O)CC1. The van der Waals surface area contributed by atoms with E-state index in [2.05, 4.69) is 0 Å². The third-order valence-corrected chi connectivity index (χ3v) is 8.57. The molecule has 0 spiro atoms. The number of nitrogens with zero attached hydrogens (tertiary/aromatic N) is 3. The number of carbonyl (C=O) groups excluding carboxylic acids is 2. The first kappa shape index (κ1) is 20.6. The van der Waals surface area contributed by atoms with Gasteiger partial charge < -0.3 is 9.64 Å². The Morgan fingerprint density at radius 3 is 2.32 bits per heavy atom. The molecule has 12 heteroatoms. The highest BCUT2D eigenvalue weighted by Crippen LogP contribution is 2.35. The van der Waals surface area contributed by atoms with E-state index in [1.165, 1.54) is 35.4 Å². The molecule has 2 aliphatic rings. The first-order valence-corrected chi connectivity index (χ1v) is 11.6. The lowest BCUT2D eigenvalue weighted by molar-refractivity contribution is -0.120. The van der Waals surface area contributed by atoms with Crippen LogP contribution in [0.5, 0.6) is 5.75 Å². The molecular formula is C16H21N3O7S2. The van der Waals surface area contributed by atoms with Crippen LogP contribution in [0, 0.1) is 5.92 Å². The standard InChI is InChI=1S/C16H21N3O7S2/c1-12-10-27(22,23)19(16(12)21)13-3-4-14(26-2)15(9-13)28(24,25)18-7-5-17(11-20)6-8-18/h3-4,9,11-12H,5-8,10H2,1-2H3. The van der Waals surface area contributed by atoms with E-state index in [0.717, 1.165) is 6.07 Å². The molecule has 0 N–H and O–H groups in total. The van der Waals surface area contributed by atoms with Crippen molar-refractivity contribution in [1.29, 1.82) is 0 Å². The minimum Gasteiger partial charge on any atom is -0.495 e. The fraction of sp³-hybridized carbons (Fsp3) is 0.500. The number of hydrogen-bond acceptors (Lipinski definition) is 7. The summed E-state index contributed by atoms with van der Waals surface area (Å²) < 4.78 is 58.0. The summed E-state index contributed by atoms with van der Waals surface area (Å²) in [5, 5.41) is 0. The molecule has 0 radical (unpaired) electrons. The topological polar surface area (TPSA) is 121 Å². The van der Waals surface area contributed by atoms with Crippen molar-refractivity contribution in [2.75, 3.05) is 43.3 Å². The van der Waals surface area contributed by atoms with Crippen molar-refractivity contribution >= 4 is 38.1 Å². The van der Waals surface area contributed by atoms with Gasteiger partial charge >= 0.3 is 0 Å². The van der Waals surface area contributed by atoms with Gasteiger partial charge in [-0.25, -0.2) is 21.1 Å². The van der Waals surface area contributed by atoms with Crippen LogP contribution >= 0.6 is 0 Å². The van der Waals surface area contributed by atoms with Gasteiger partial charge in [0.1, 0.15) is 10.6 Å². The van der Waals surface area contributed by atoms with Gasteiger partial charge in [-0.15, -0.1) is 0 Å². The van der Waals surface area contributed by atoms with E-state index in [1.807, 2.05) is 0 Å². The zero-order chi connectivity index (χ0) is 20.7. The second-order valence-electron chi connectivity index (χ2n) is 6.66. The van der Waals surface area contributed by atoms with E-state index in [1.54, 1.807) is 0 Å². The Bertz CT molecular complexity index is 999. The molecule has 0 aliphatic carbocycles. The number of amides is 2. The summed E-state index contributed by atoms with van der Waals surface area (Å²) in [5.41, 5.74) is -0.0414. The van der Waals surface area contributed by atoms with Gasteiger partial charge in [0.2, 0.25) is 32.4 Å². The van der Waals surface area contributed by atoms with Gasteiger partial charge in [0.05, 0.1) is 24.5 Å². The minimum atomic E-state index is -4.02. The monoisotopic (exact) mass is 431 g/mol. The summed E-state index contributed by atoms with van der Waals surface area (Å²) in [6.07, 6.45) is 0.663. The van der Waals surface area contributed by atoms with Crippen LogP contribution in [0.25, 0.3) is 0 Å². The Hall–Kier alpha value is -2.18. The molecule has 0 aromatic heterocycles. The van der Waals surface area contributed by atoms with Crippen molar-refractivity contribution in [3.8, 4) is 5.75 Å². The van der Waals surface area contributed by atoms with E-state index in [9.17, 15) is 26.4 Å². The fourth-order valence-corrected chi connectivity index (χ4v) is 6.68. The van der Waals surface area contributed by atoms with Gasteiger partial charge in [-0.2, -0.15) is 4.31 Å². The molecule has 3 rings (SSSR count). The lowest BCUT2D eigenvalue weighted by Crippen LogP contribution is -2.48. The summed E-state index contributed by atoms with van der Waals surface area (Å²) in [6, 6.07) is 3.82. The Morgan fingerprint density at radius 1 is 1.18 bits per heavy atom. The maximum atomic E-state index is 13.1. The Labute approximate surface area is 163 Å².